The molecule has 0 saturated carbocycles. The van der Waals surface area contributed by atoms with E-state index in [1.807, 2.05) is 48.5 Å². The molecule has 6 aromatic rings. The maximum absolute atomic E-state index is 13.2. The van der Waals surface area contributed by atoms with Crippen LogP contribution >= 0.6 is 0 Å². The van der Waals surface area contributed by atoms with E-state index in [1.165, 1.54) is 54.7 Å². The lowest BCUT2D eigenvalue weighted by atomic mass is 10.1. The predicted octanol–water partition coefficient (Wildman–Crippen LogP) is 7.02. The molecule has 6 aromatic heterocycles. The first-order chi connectivity index (χ1) is 61.2. The highest BCUT2D eigenvalue weighted by molar-refractivity contribution is 5.96. The molecule has 4 unspecified atom stereocenters. The lowest BCUT2D eigenvalue weighted by molar-refractivity contribution is -0.140. The number of hydrogen-bond acceptors (Lipinski definition) is 38. The summed E-state index contributed by atoms with van der Waals surface area (Å²) in [5.74, 6) is 0.381. The highest BCUT2D eigenvalue weighted by atomic mass is 16.6. The number of nitrogens with one attached hydrogen (secondary N) is 2. The van der Waals surface area contributed by atoms with Crippen molar-refractivity contribution in [1.29, 1.82) is 0 Å². The topological polar surface area (TPSA) is 537 Å². The highest BCUT2D eigenvalue weighted by Gasteiger charge is 2.51. The van der Waals surface area contributed by atoms with Crippen LogP contribution in [-0.2, 0) is 94.9 Å². The van der Waals surface area contributed by atoms with Crippen LogP contribution in [0.15, 0.2) is 59.4 Å². The zero-order valence-corrected chi connectivity index (χ0v) is 78.6. The van der Waals surface area contributed by atoms with Gasteiger partial charge in [0.25, 0.3) is 12.9 Å². The van der Waals surface area contributed by atoms with E-state index in [-0.39, 0.29) is 68.2 Å². The van der Waals surface area contributed by atoms with E-state index in [1.54, 1.807) is 127 Å². The summed E-state index contributed by atoms with van der Waals surface area (Å²) in [7, 11) is 0. The number of ether oxygens (including phenoxy) is 18. The van der Waals surface area contributed by atoms with Crippen LogP contribution in [0.4, 0.5) is 42.4 Å². The molecule has 0 bridgehead atoms. The number of aliphatic hydroxyl groups excluding tert-OH is 4. The van der Waals surface area contributed by atoms with Crippen molar-refractivity contribution in [2.75, 3.05) is 113 Å². The van der Waals surface area contributed by atoms with Crippen molar-refractivity contribution >= 4 is 82.9 Å². The van der Waals surface area contributed by atoms with Gasteiger partial charge in [0.15, 0.2) is 58.9 Å². The number of aliphatic hydroxyl groups is 4. The molecule has 0 radical (unpaired) electrons. The molecule has 4 aliphatic rings. The highest BCUT2D eigenvalue weighted by Crippen LogP contribution is 2.39. The summed E-state index contributed by atoms with van der Waals surface area (Å²) >= 11 is 0. The average molecular weight is 1850 g/mol. The van der Waals surface area contributed by atoms with Crippen LogP contribution in [0.3, 0.4) is 0 Å². The number of carbonyl (C=O) groups is 6. The Balaban J connectivity index is 0.000000238. The zero-order valence-electron chi connectivity index (χ0n) is 78.6. The van der Waals surface area contributed by atoms with Crippen molar-refractivity contribution < 1.29 is 134 Å². The van der Waals surface area contributed by atoms with Gasteiger partial charge in [-0.15, -0.1) is 0 Å². The van der Waals surface area contributed by atoms with Crippen LogP contribution in [-0.4, -0.2) is 315 Å². The molecule has 46 nitrogen and oxygen atoms in total. The van der Waals surface area contributed by atoms with Crippen molar-refractivity contribution in [3.8, 4) is 0 Å². The molecular formula is C84H132N16O30. The van der Waals surface area contributed by atoms with E-state index in [0.717, 1.165) is 14.0 Å². The number of carbonyl (C=O) groups excluding carboxylic acids is 6. The van der Waals surface area contributed by atoms with E-state index in [2.05, 4.69) is 50.5 Å². The lowest BCUT2D eigenvalue weighted by Gasteiger charge is -2.32. The molecule has 0 aromatic carbocycles. The normalized spacial score (nSPS) is 23.4. The summed E-state index contributed by atoms with van der Waals surface area (Å²) in [5, 5.41) is 48.3. The van der Waals surface area contributed by atoms with Gasteiger partial charge in [0.2, 0.25) is 0 Å². The number of aromatic nitrogens is 12. The Morgan fingerprint density at radius 2 is 0.762 bits per heavy atom. The SMILES string of the molecule is CCOC[C@H]1O[C@@H](n2ccc(N(CC(C)(C)OC=O)C(=O)OC(C)(C)C)nc2=O)C(O)[C@H]1OCC.CCOC[C@H]1O[C@@H](n2ccc(NC(=O)OC(C)(C)C)nc2=O)C(O)[C@H]1OCC.CCOC[C@H]1O[C@@H](n2cnc3c(N(CC(C)(C)OC=O)C(=O)OC(C)(C)C)ncnc32)C(O)[C@H]1OCC.CCOC[C@H]1O[C@@H](n2cnc3c(NC(=O)OC(C)(C)C)ncnc32)C(O)[C@H]1OCC. The summed E-state index contributed by atoms with van der Waals surface area (Å²) in [5.41, 5.74) is -5.19. The molecule has 0 spiro atoms. The van der Waals surface area contributed by atoms with Crippen molar-refractivity contribution in [2.45, 2.75) is 298 Å². The minimum atomic E-state index is -1.15. The molecule has 10 heterocycles. The number of anilines is 4. The fraction of sp³-hybridized carbons (Fsp3) is 0.714. The Labute approximate surface area is 754 Å². The molecule has 16 atom stereocenters. The van der Waals surface area contributed by atoms with Gasteiger partial charge in [-0.1, -0.05) is 0 Å². The number of nitrogens with zero attached hydrogens (tertiary/aromatic N) is 14. The van der Waals surface area contributed by atoms with Gasteiger partial charge in [0.05, 0.1) is 52.2 Å². The second-order valence-corrected chi connectivity index (χ2v) is 34.9. The Morgan fingerprint density at radius 3 is 1.12 bits per heavy atom. The number of hydrogen-bond donors (Lipinski definition) is 6. The van der Waals surface area contributed by atoms with Crippen LogP contribution in [0.1, 0.15) is 191 Å². The molecule has 0 aliphatic carbocycles. The van der Waals surface area contributed by atoms with Crippen molar-refractivity contribution in [1.82, 2.24) is 58.1 Å². The smallest absolute Gasteiger partial charge is 0.416 e. The minimum absolute atomic E-state index is 0.0113. The van der Waals surface area contributed by atoms with Crippen molar-refractivity contribution in [2.24, 2.45) is 0 Å². The van der Waals surface area contributed by atoms with Crippen LogP contribution in [0, 0.1) is 0 Å². The standard InChI is InChI=1S/C24H37N5O8.C23H37N3O9.C19H29N5O6.C18H29N3O7/c1-8-33-10-15-18(34-9-2)17(31)21(36-15)29-13-27-16-19(25-12-26-20(16)29)28(11-24(6,7)35-14-30)22(32)37-23(3,4)5;1-8-31-12-15-18(32-9-2)17(28)19(34-15)25-11-10-16(24-20(25)29)26(13-23(6,7)33-14-27)21(30)35-22(3,4)5;1-6-27-8-11-14(28-7-2)13(25)17(29-11)24-10-22-12-15(20-9-21-16(12)24)23-18(26)30-19(3,4)5;1-6-25-10-11-14(26-7-2)13(22)15(27-11)21-9-8-12(19-16(21)23)20-17(24)28-18(3,4)5/h12-15,17-18,21,31H,8-11H2,1-7H3;10-11,14-15,17-19,28H,8-9,12-13H2,1-7H3;9-11,13-14,17,25H,6-8H2,1-5H3,(H,20,21,23,26);8-9,11,13-15,22H,6-7,10H2,1-5H3,(H,19,20,23,24)/t15-,17?,18+,21-;15-,17?,18+,19-;11-,13?,14+,17-;11-,13?,14+,15-/m1111/s1. The lowest BCUT2D eigenvalue weighted by Crippen LogP contribution is -2.47. The number of amides is 4. The van der Waals surface area contributed by atoms with Gasteiger partial charge in [0.1, 0.15) is 131 Å². The monoisotopic (exact) mass is 1840 g/mol. The summed E-state index contributed by atoms with van der Waals surface area (Å²) in [6, 6.07) is 2.84. The fourth-order valence-electron chi connectivity index (χ4n) is 13.6. The third-order valence-corrected chi connectivity index (χ3v) is 18.9. The average Bonchev–Trinajstić information content (AvgIpc) is 1.64. The first-order valence-electron chi connectivity index (χ1n) is 43.0. The second kappa shape index (κ2) is 48.1. The molecule has 4 saturated heterocycles. The van der Waals surface area contributed by atoms with Crippen molar-refractivity contribution in [3.63, 3.8) is 0 Å². The van der Waals surface area contributed by atoms with E-state index in [4.69, 9.17) is 85.3 Å². The maximum Gasteiger partial charge on any atom is 0.416 e. The Hall–Kier alpha value is -9.76. The van der Waals surface area contributed by atoms with Crippen LogP contribution in [0.5, 0.6) is 0 Å². The summed E-state index contributed by atoms with van der Waals surface area (Å²) in [6.45, 7) is 47.0. The van der Waals surface area contributed by atoms with Gasteiger partial charge in [0, 0.05) is 65.2 Å². The summed E-state index contributed by atoms with van der Waals surface area (Å²) < 4.78 is 105. The zero-order chi connectivity index (χ0) is 96.6. The third-order valence-electron chi connectivity index (χ3n) is 18.9. The maximum atomic E-state index is 13.2. The van der Waals surface area contributed by atoms with Gasteiger partial charge < -0.3 is 106 Å². The predicted molar refractivity (Wildman–Crippen MR) is 464 cm³/mol. The Kier molecular flexibility index (Phi) is 39.7. The summed E-state index contributed by atoms with van der Waals surface area (Å²) in [4.78, 5) is 133. The number of fused-ring (bicyclic) bond motifs is 2. The molecule has 130 heavy (non-hydrogen) atoms. The third kappa shape index (κ3) is 30.1. The van der Waals surface area contributed by atoms with Crippen LogP contribution < -0.4 is 31.8 Å². The molecule has 4 fully saturated rings. The van der Waals surface area contributed by atoms with Gasteiger partial charge in [-0.25, -0.2) is 58.7 Å². The largest absolute Gasteiger partial charge is 0.460 e. The van der Waals surface area contributed by atoms with Gasteiger partial charge in [-0.3, -0.25) is 48.3 Å². The van der Waals surface area contributed by atoms with Gasteiger partial charge >= 0.3 is 35.8 Å². The van der Waals surface area contributed by atoms with Crippen LogP contribution in [0.25, 0.3) is 22.3 Å². The first kappa shape index (κ1) is 107. The Bertz CT molecular complexity index is 4720. The molecular weight excluding hydrogens is 1710 g/mol. The van der Waals surface area contributed by atoms with E-state index in [9.17, 15) is 58.8 Å². The molecule has 4 aliphatic heterocycles. The van der Waals surface area contributed by atoms with E-state index < -0.39 is 168 Å². The van der Waals surface area contributed by atoms with Gasteiger partial charge in [-0.2, -0.15) is 9.97 Å². The molecule has 4 amide bonds. The molecule has 10 rings (SSSR count). The number of imidazole rings is 2. The fourth-order valence-corrected chi connectivity index (χ4v) is 13.6. The number of rotatable bonds is 36. The van der Waals surface area contributed by atoms with Crippen molar-refractivity contribution in [3.05, 3.63) is 70.8 Å². The van der Waals surface area contributed by atoms with Crippen LogP contribution in [0.2, 0.25) is 0 Å². The van der Waals surface area contributed by atoms with E-state index in [0.29, 0.717) is 82.7 Å². The summed E-state index contributed by atoms with van der Waals surface area (Å²) in [6.07, 6.45) is -6.96. The molecule has 6 N–H and O–H groups in total. The quantitative estimate of drug-likeness (QED) is 0.0170. The molecule has 728 valence electrons. The first-order valence-corrected chi connectivity index (χ1v) is 43.0. The van der Waals surface area contributed by atoms with E-state index >= 15 is 0 Å². The molecule has 46 heteroatoms. The van der Waals surface area contributed by atoms with Gasteiger partial charge in [-0.05, 0) is 178 Å². The second-order valence-electron chi connectivity index (χ2n) is 34.9. The minimum Gasteiger partial charge on any atom is -0.460 e. The Morgan fingerprint density at radius 1 is 0.423 bits per heavy atom.